The quantitative estimate of drug-likeness (QED) is 0.728. The molecule has 1 aromatic heterocycles. The van der Waals surface area contributed by atoms with Crippen molar-refractivity contribution in [2.45, 2.75) is 0 Å². The second kappa shape index (κ2) is 5.33. The molecule has 0 bridgehead atoms. The zero-order valence-corrected chi connectivity index (χ0v) is 11.4. The molecule has 0 saturated heterocycles. The molecule has 5 nitrogen and oxygen atoms in total. The maximum absolute atomic E-state index is 13.0. The molecule has 110 valence electrons. The van der Waals surface area contributed by atoms with E-state index in [1.807, 2.05) is 0 Å². The minimum Gasteiger partial charge on any atom is -0.476 e. The number of hydrogen-bond donors (Lipinski definition) is 2. The van der Waals surface area contributed by atoms with Gasteiger partial charge in [-0.15, -0.1) is 0 Å². The van der Waals surface area contributed by atoms with Gasteiger partial charge in [0.25, 0.3) is 0 Å². The minimum atomic E-state index is -1.13. The summed E-state index contributed by atoms with van der Waals surface area (Å²) in [6.45, 7) is 0. The van der Waals surface area contributed by atoms with Crippen LogP contribution in [0.3, 0.4) is 0 Å². The van der Waals surface area contributed by atoms with Crippen molar-refractivity contribution in [1.29, 1.82) is 0 Å². The van der Waals surface area contributed by atoms with E-state index in [1.165, 1.54) is 28.9 Å². The van der Waals surface area contributed by atoms with Gasteiger partial charge in [0.15, 0.2) is 5.69 Å². The maximum Gasteiger partial charge on any atom is 0.357 e. The average molecular weight is 297 g/mol. The van der Waals surface area contributed by atoms with E-state index in [0.29, 0.717) is 22.5 Å². The molecule has 0 radical (unpaired) electrons. The number of nitrogen functional groups attached to an aromatic ring is 1. The predicted octanol–water partition coefficient (Wildman–Crippen LogP) is 2.96. The standard InChI is InChI=1S/C16H12FN3O2/c17-11-3-7-13(8-4-11)20-9-14(15(19-20)16(21)22)10-1-5-12(18)6-2-10/h1-9H,18H2,(H,21,22). The maximum atomic E-state index is 13.0. The summed E-state index contributed by atoms with van der Waals surface area (Å²) in [6, 6.07) is 12.5. The van der Waals surface area contributed by atoms with Gasteiger partial charge in [-0.05, 0) is 42.0 Å². The molecule has 0 aliphatic rings. The Bertz CT molecular complexity index is 824. The van der Waals surface area contributed by atoms with Gasteiger partial charge < -0.3 is 10.8 Å². The normalized spacial score (nSPS) is 10.6. The number of carbonyl (C=O) groups is 1. The van der Waals surface area contributed by atoms with Crippen LogP contribution in [0.25, 0.3) is 16.8 Å². The minimum absolute atomic E-state index is 0.0749. The number of nitrogens with two attached hydrogens (primary N) is 1. The number of carboxylic acid groups (broad SMARTS) is 1. The number of rotatable bonds is 3. The van der Waals surface area contributed by atoms with Crippen LogP contribution >= 0.6 is 0 Å². The van der Waals surface area contributed by atoms with Crippen LogP contribution in [0, 0.1) is 5.82 Å². The first-order valence-electron chi connectivity index (χ1n) is 6.49. The van der Waals surface area contributed by atoms with Gasteiger partial charge in [0.05, 0.1) is 5.69 Å². The lowest BCUT2D eigenvalue weighted by Crippen LogP contribution is -2.01. The van der Waals surface area contributed by atoms with Crippen LogP contribution in [0.1, 0.15) is 10.5 Å². The monoisotopic (exact) mass is 297 g/mol. The molecule has 3 aromatic rings. The third-order valence-electron chi connectivity index (χ3n) is 3.23. The Morgan fingerprint density at radius 1 is 1.09 bits per heavy atom. The number of hydrogen-bond acceptors (Lipinski definition) is 3. The Labute approximate surface area is 125 Å². The van der Waals surface area contributed by atoms with E-state index in [0.717, 1.165) is 0 Å². The summed E-state index contributed by atoms with van der Waals surface area (Å²) in [4.78, 5) is 11.4. The fourth-order valence-corrected chi connectivity index (χ4v) is 2.13. The van der Waals surface area contributed by atoms with Crippen molar-refractivity contribution >= 4 is 11.7 Å². The van der Waals surface area contributed by atoms with E-state index in [-0.39, 0.29) is 11.5 Å². The van der Waals surface area contributed by atoms with Gasteiger partial charge in [0.1, 0.15) is 5.82 Å². The summed E-state index contributed by atoms with van der Waals surface area (Å²) >= 11 is 0. The molecule has 2 aromatic carbocycles. The van der Waals surface area contributed by atoms with Gasteiger partial charge in [0, 0.05) is 17.4 Å². The van der Waals surface area contributed by atoms with Gasteiger partial charge >= 0.3 is 5.97 Å². The molecule has 22 heavy (non-hydrogen) atoms. The Balaban J connectivity index is 2.11. The number of benzene rings is 2. The van der Waals surface area contributed by atoms with Crippen LogP contribution in [0.5, 0.6) is 0 Å². The summed E-state index contributed by atoms with van der Waals surface area (Å²) in [6.07, 6.45) is 1.60. The second-order valence-electron chi connectivity index (χ2n) is 4.74. The average Bonchev–Trinajstić information content (AvgIpc) is 2.94. The van der Waals surface area contributed by atoms with Gasteiger partial charge in [-0.1, -0.05) is 12.1 Å². The van der Waals surface area contributed by atoms with E-state index in [1.54, 1.807) is 30.5 Å². The van der Waals surface area contributed by atoms with Crippen molar-refractivity contribution in [3.63, 3.8) is 0 Å². The third kappa shape index (κ3) is 2.54. The molecule has 6 heteroatoms. The van der Waals surface area contributed by atoms with Gasteiger partial charge in [0.2, 0.25) is 0 Å². The molecule has 0 atom stereocenters. The Kier molecular flexibility index (Phi) is 3.34. The fraction of sp³-hybridized carbons (Fsp3) is 0. The number of aromatic carboxylic acids is 1. The first-order chi connectivity index (χ1) is 10.5. The molecule has 0 spiro atoms. The smallest absolute Gasteiger partial charge is 0.357 e. The SMILES string of the molecule is Nc1ccc(-c2cn(-c3ccc(F)cc3)nc2C(=O)O)cc1. The lowest BCUT2D eigenvalue weighted by atomic mass is 10.1. The highest BCUT2D eigenvalue weighted by atomic mass is 19.1. The topological polar surface area (TPSA) is 81.1 Å². The molecule has 0 unspecified atom stereocenters. The van der Waals surface area contributed by atoms with Crippen LogP contribution < -0.4 is 5.73 Å². The Morgan fingerprint density at radius 2 is 1.73 bits per heavy atom. The predicted molar refractivity (Wildman–Crippen MR) is 80.3 cm³/mol. The van der Waals surface area contributed by atoms with Crippen LogP contribution in [0.4, 0.5) is 10.1 Å². The van der Waals surface area contributed by atoms with E-state index in [2.05, 4.69) is 5.10 Å². The summed E-state index contributed by atoms with van der Waals surface area (Å²) in [7, 11) is 0. The Hall–Kier alpha value is -3.15. The van der Waals surface area contributed by atoms with Crippen LogP contribution in [0.15, 0.2) is 54.7 Å². The number of aromatic nitrogens is 2. The molecule has 0 aliphatic carbocycles. The molecule has 0 fully saturated rings. The molecule has 3 rings (SSSR count). The third-order valence-corrected chi connectivity index (χ3v) is 3.23. The summed E-state index contributed by atoms with van der Waals surface area (Å²) in [5.74, 6) is -1.50. The van der Waals surface area contributed by atoms with E-state index >= 15 is 0 Å². The van der Waals surface area contributed by atoms with Gasteiger partial charge in [-0.25, -0.2) is 13.9 Å². The highest BCUT2D eigenvalue weighted by Crippen LogP contribution is 2.25. The van der Waals surface area contributed by atoms with Crippen molar-refractivity contribution in [3.05, 3.63) is 66.2 Å². The van der Waals surface area contributed by atoms with E-state index < -0.39 is 5.97 Å². The number of nitrogens with zero attached hydrogens (tertiary/aromatic N) is 2. The summed E-state index contributed by atoms with van der Waals surface area (Å²) in [5, 5.41) is 13.4. The largest absolute Gasteiger partial charge is 0.476 e. The number of anilines is 1. The van der Waals surface area contributed by atoms with Crippen LogP contribution in [-0.2, 0) is 0 Å². The first kappa shape index (κ1) is 13.8. The van der Waals surface area contributed by atoms with Crippen molar-refractivity contribution < 1.29 is 14.3 Å². The second-order valence-corrected chi connectivity index (χ2v) is 4.74. The fourth-order valence-electron chi connectivity index (χ4n) is 2.13. The summed E-state index contributed by atoms with van der Waals surface area (Å²) < 4.78 is 14.4. The van der Waals surface area contributed by atoms with Crippen molar-refractivity contribution in [3.8, 4) is 16.8 Å². The summed E-state index contributed by atoms with van der Waals surface area (Å²) in [5.41, 5.74) is 7.89. The lowest BCUT2D eigenvalue weighted by Gasteiger charge is -2.00. The molecular formula is C16H12FN3O2. The molecule has 3 N–H and O–H groups in total. The molecule has 0 amide bonds. The molecule has 0 aliphatic heterocycles. The van der Waals surface area contributed by atoms with Gasteiger partial charge in [-0.3, -0.25) is 0 Å². The van der Waals surface area contributed by atoms with E-state index in [9.17, 15) is 14.3 Å². The van der Waals surface area contributed by atoms with Crippen LogP contribution in [-0.4, -0.2) is 20.9 Å². The molecular weight excluding hydrogens is 285 g/mol. The zero-order chi connectivity index (χ0) is 15.7. The van der Waals surface area contributed by atoms with Crippen LogP contribution in [0.2, 0.25) is 0 Å². The van der Waals surface area contributed by atoms with Crippen molar-refractivity contribution in [2.75, 3.05) is 5.73 Å². The van der Waals surface area contributed by atoms with E-state index in [4.69, 9.17) is 5.73 Å². The van der Waals surface area contributed by atoms with Crippen molar-refractivity contribution in [1.82, 2.24) is 9.78 Å². The lowest BCUT2D eigenvalue weighted by molar-refractivity contribution is 0.0691. The number of carboxylic acids is 1. The molecule has 1 heterocycles. The first-order valence-corrected chi connectivity index (χ1v) is 6.49. The number of halogens is 1. The highest BCUT2D eigenvalue weighted by molar-refractivity contribution is 5.94. The molecule has 0 saturated carbocycles. The van der Waals surface area contributed by atoms with Crippen molar-refractivity contribution in [2.24, 2.45) is 0 Å². The highest BCUT2D eigenvalue weighted by Gasteiger charge is 2.17. The van der Waals surface area contributed by atoms with Gasteiger partial charge in [-0.2, -0.15) is 5.10 Å². The zero-order valence-electron chi connectivity index (χ0n) is 11.4. The Morgan fingerprint density at radius 3 is 2.32 bits per heavy atom.